The van der Waals surface area contributed by atoms with Crippen molar-refractivity contribution in [1.82, 2.24) is 0 Å². The van der Waals surface area contributed by atoms with E-state index in [0.29, 0.717) is 5.75 Å². The highest BCUT2D eigenvalue weighted by Gasteiger charge is 2.27. The van der Waals surface area contributed by atoms with Gasteiger partial charge in [0.05, 0.1) is 11.6 Å². The lowest BCUT2D eigenvalue weighted by Crippen LogP contribution is -2.23. The van der Waals surface area contributed by atoms with Crippen molar-refractivity contribution in [3.63, 3.8) is 0 Å². The lowest BCUT2D eigenvalue weighted by molar-refractivity contribution is -0.119. The topological polar surface area (TPSA) is 64.3 Å². The molecule has 2 atom stereocenters. The van der Waals surface area contributed by atoms with Crippen molar-refractivity contribution in [2.75, 3.05) is 12.4 Å². The van der Waals surface area contributed by atoms with Crippen LogP contribution in [0.4, 0.5) is 5.69 Å². The number of nitrogens with two attached hydrogens (primary N) is 1. The molecular weight excluding hydrogens is 296 g/mol. The molecule has 1 aliphatic rings. The number of hydrogen-bond acceptors (Lipinski definition) is 3. The van der Waals surface area contributed by atoms with Gasteiger partial charge in [0.1, 0.15) is 5.75 Å². The van der Waals surface area contributed by atoms with Crippen molar-refractivity contribution < 1.29 is 9.53 Å². The van der Waals surface area contributed by atoms with Crippen LogP contribution in [0.2, 0.25) is 0 Å². The highest BCUT2D eigenvalue weighted by molar-refractivity contribution is 9.10. The van der Waals surface area contributed by atoms with Gasteiger partial charge in [0.2, 0.25) is 5.91 Å². The second kappa shape index (κ2) is 5.71. The van der Waals surface area contributed by atoms with Crippen molar-refractivity contribution in [3.05, 3.63) is 22.7 Å². The maximum atomic E-state index is 12.0. The first-order valence-electron chi connectivity index (χ1n) is 6.00. The van der Waals surface area contributed by atoms with E-state index in [1.807, 2.05) is 12.1 Å². The summed E-state index contributed by atoms with van der Waals surface area (Å²) in [5.74, 6) is 0.790. The molecule has 2 rings (SSSR count). The van der Waals surface area contributed by atoms with Gasteiger partial charge in [0, 0.05) is 23.7 Å². The Balaban J connectivity index is 2.03. The van der Waals surface area contributed by atoms with Crippen molar-refractivity contribution >= 4 is 27.5 Å². The van der Waals surface area contributed by atoms with E-state index in [1.54, 1.807) is 13.2 Å². The van der Waals surface area contributed by atoms with Gasteiger partial charge in [-0.05, 0) is 47.3 Å². The van der Waals surface area contributed by atoms with Crippen LogP contribution in [0.1, 0.15) is 19.3 Å². The highest BCUT2D eigenvalue weighted by Crippen LogP contribution is 2.29. The number of nitrogens with one attached hydrogen (secondary N) is 1. The first-order valence-corrected chi connectivity index (χ1v) is 6.79. The average Bonchev–Trinajstić information content (AvgIpc) is 2.78. The second-order valence-corrected chi connectivity index (χ2v) is 5.46. The monoisotopic (exact) mass is 312 g/mol. The molecule has 1 saturated carbocycles. The summed E-state index contributed by atoms with van der Waals surface area (Å²) in [4.78, 5) is 12.0. The molecule has 1 aliphatic carbocycles. The summed E-state index contributed by atoms with van der Waals surface area (Å²) >= 11 is 3.38. The maximum Gasteiger partial charge on any atom is 0.227 e. The molecule has 98 valence electrons. The van der Waals surface area contributed by atoms with Gasteiger partial charge in [0.15, 0.2) is 0 Å². The minimum atomic E-state index is 0.0367. The van der Waals surface area contributed by atoms with E-state index >= 15 is 0 Å². The molecule has 1 amide bonds. The number of ether oxygens (including phenoxy) is 1. The second-order valence-electron chi connectivity index (χ2n) is 4.61. The number of amides is 1. The van der Waals surface area contributed by atoms with Gasteiger partial charge in [0.25, 0.3) is 0 Å². The Morgan fingerprint density at radius 1 is 1.50 bits per heavy atom. The minimum Gasteiger partial charge on any atom is -0.495 e. The Morgan fingerprint density at radius 2 is 2.28 bits per heavy atom. The number of hydrogen-bond donors (Lipinski definition) is 2. The zero-order chi connectivity index (χ0) is 13.1. The molecule has 0 aliphatic heterocycles. The molecule has 0 aromatic heterocycles. The Labute approximate surface area is 115 Å². The lowest BCUT2D eigenvalue weighted by Gasteiger charge is -2.12. The number of carbonyl (C=O) groups excluding carboxylic acids is 1. The smallest absolute Gasteiger partial charge is 0.227 e. The lowest BCUT2D eigenvalue weighted by atomic mass is 10.1. The van der Waals surface area contributed by atoms with E-state index in [1.165, 1.54) is 0 Å². The van der Waals surface area contributed by atoms with Gasteiger partial charge in [-0.3, -0.25) is 4.79 Å². The van der Waals surface area contributed by atoms with E-state index in [0.717, 1.165) is 29.4 Å². The first kappa shape index (κ1) is 13.4. The van der Waals surface area contributed by atoms with Gasteiger partial charge in [-0.1, -0.05) is 0 Å². The summed E-state index contributed by atoms with van der Waals surface area (Å²) in [7, 11) is 1.60. The summed E-state index contributed by atoms with van der Waals surface area (Å²) in [5, 5.41) is 2.91. The molecule has 1 fully saturated rings. The summed E-state index contributed by atoms with van der Waals surface area (Å²) in [6.07, 6.45) is 2.59. The van der Waals surface area contributed by atoms with E-state index in [2.05, 4.69) is 21.2 Å². The minimum absolute atomic E-state index is 0.0367. The van der Waals surface area contributed by atoms with Crippen LogP contribution in [-0.2, 0) is 4.79 Å². The third kappa shape index (κ3) is 3.03. The fourth-order valence-electron chi connectivity index (χ4n) is 2.24. The summed E-state index contributed by atoms with van der Waals surface area (Å²) in [5.41, 5.74) is 6.57. The predicted octanol–water partition coefficient (Wildman–Crippen LogP) is 2.52. The quantitative estimate of drug-likeness (QED) is 0.901. The summed E-state index contributed by atoms with van der Waals surface area (Å²) in [6.45, 7) is 0. The third-order valence-electron chi connectivity index (χ3n) is 3.26. The highest BCUT2D eigenvalue weighted by atomic mass is 79.9. The zero-order valence-corrected chi connectivity index (χ0v) is 11.9. The fraction of sp³-hybridized carbons (Fsp3) is 0.462. The van der Waals surface area contributed by atoms with Gasteiger partial charge in [-0.15, -0.1) is 0 Å². The molecule has 0 heterocycles. The van der Waals surface area contributed by atoms with Crippen molar-refractivity contribution in [2.24, 2.45) is 11.7 Å². The molecule has 0 bridgehead atoms. The molecule has 1 aromatic carbocycles. The van der Waals surface area contributed by atoms with Gasteiger partial charge in [-0.25, -0.2) is 0 Å². The summed E-state index contributed by atoms with van der Waals surface area (Å²) < 4.78 is 6.06. The van der Waals surface area contributed by atoms with Gasteiger partial charge in [-0.2, -0.15) is 0 Å². The number of methoxy groups -OCH3 is 1. The zero-order valence-electron chi connectivity index (χ0n) is 10.3. The molecule has 0 spiro atoms. The van der Waals surface area contributed by atoms with E-state index in [4.69, 9.17) is 10.5 Å². The maximum absolute atomic E-state index is 12.0. The Bertz CT molecular complexity index is 451. The van der Waals surface area contributed by atoms with Crippen molar-refractivity contribution in [2.45, 2.75) is 25.3 Å². The van der Waals surface area contributed by atoms with E-state index in [9.17, 15) is 4.79 Å². The molecule has 3 N–H and O–H groups in total. The normalized spacial score (nSPS) is 22.8. The number of benzene rings is 1. The van der Waals surface area contributed by atoms with Gasteiger partial charge < -0.3 is 15.8 Å². The molecule has 5 heteroatoms. The molecule has 0 saturated heterocycles. The van der Waals surface area contributed by atoms with Crippen LogP contribution in [-0.4, -0.2) is 19.1 Å². The van der Waals surface area contributed by atoms with Crippen molar-refractivity contribution in [3.8, 4) is 5.75 Å². The molecule has 0 radical (unpaired) electrons. The summed E-state index contributed by atoms with van der Waals surface area (Å²) in [6, 6.07) is 5.67. The van der Waals surface area contributed by atoms with Crippen LogP contribution in [0, 0.1) is 5.92 Å². The van der Waals surface area contributed by atoms with Crippen LogP contribution in [0.5, 0.6) is 5.75 Å². The molecule has 18 heavy (non-hydrogen) atoms. The van der Waals surface area contributed by atoms with E-state index in [-0.39, 0.29) is 17.9 Å². The first-order chi connectivity index (χ1) is 8.60. The number of carbonyl (C=O) groups is 1. The van der Waals surface area contributed by atoms with Crippen molar-refractivity contribution in [1.29, 1.82) is 0 Å². The van der Waals surface area contributed by atoms with Crippen LogP contribution in [0.3, 0.4) is 0 Å². The Kier molecular flexibility index (Phi) is 4.24. The van der Waals surface area contributed by atoms with Crippen LogP contribution in [0.15, 0.2) is 22.7 Å². The van der Waals surface area contributed by atoms with Gasteiger partial charge >= 0.3 is 0 Å². The number of rotatable bonds is 3. The largest absolute Gasteiger partial charge is 0.495 e. The number of anilines is 1. The molecular formula is C13H17BrN2O2. The fourth-order valence-corrected chi connectivity index (χ4v) is 2.64. The molecule has 4 nitrogen and oxygen atoms in total. The average molecular weight is 313 g/mol. The van der Waals surface area contributed by atoms with Crippen LogP contribution < -0.4 is 15.8 Å². The van der Waals surface area contributed by atoms with Crippen LogP contribution >= 0.6 is 15.9 Å². The standard InChI is InChI=1S/C13H17BrN2O2/c1-18-12-7-10(4-5-11(12)14)16-13(17)8-2-3-9(15)6-8/h4-5,7-9H,2-3,6,15H2,1H3,(H,16,17). The SMILES string of the molecule is COc1cc(NC(=O)C2CCC(N)C2)ccc1Br. The van der Waals surface area contributed by atoms with Crippen LogP contribution in [0.25, 0.3) is 0 Å². The van der Waals surface area contributed by atoms with E-state index < -0.39 is 0 Å². The third-order valence-corrected chi connectivity index (χ3v) is 3.92. The molecule has 1 aromatic rings. The Hall–Kier alpha value is -1.07. The predicted molar refractivity (Wildman–Crippen MR) is 74.6 cm³/mol. The Morgan fingerprint density at radius 3 is 2.89 bits per heavy atom. The molecule has 2 unspecified atom stereocenters. The number of halogens is 1.